The van der Waals surface area contributed by atoms with Crippen LogP contribution in [0.15, 0.2) is 66.1 Å². The molecule has 1 unspecified atom stereocenters. The van der Waals surface area contributed by atoms with Crippen molar-refractivity contribution in [3.63, 3.8) is 0 Å². The number of hydrogen-bond donors (Lipinski definition) is 2. The summed E-state index contributed by atoms with van der Waals surface area (Å²) in [5.41, 5.74) is 1.39. The Labute approximate surface area is 222 Å². The normalized spacial score (nSPS) is 14.8. The van der Waals surface area contributed by atoms with Crippen LogP contribution in [0.3, 0.4) is 0 Å². The van der Waals surface area contributed by atoms with Gasteiger partial charge in [-0.3, -0.25) is 23.8 Å². The van der Waals surface area contributed by atoms with Crippen molar-refractivity contribution in [3.05, 3.63) is 89.0 Å². The van der Waals surface area contributed by atoms with E-state index in [0.29, 0.717) is 23.0 Å². The first-order chi connectivity index (χ1) is 19.5. The Kier molecular flexibility index (Phi) is 5.40. The summed E-state index contributed by atoms with van der Waals surface area (Å²) in [5, 5.41) is 2.60. The van der Waals surface area contributed by atoms with Gasteiger partial charge in [0, 0.05) is 30.4 Å². The van der Waals surface area contributed by atoms with E-state index >= 15 is 0 Å². The minimum atomic E-state index is -0.636. The molecule has 1 aliphatic rings. The van der Waals surface area contributed by atoms with Crippen LogP contribution in [0.5, 0.6) is 5.75 Å². The number of amides is 1. The number of anilines is 1. The number of para-hydroxylation sites is 1. The van der Waals surface area contributed by atoms with Crippen LogP contribution in [-0.2, 0) is 11.3 Å². The van der Waals surface area contributed by atoms with Crippen LogP contribution in [0.2, 0.25) is 0 Å². The first-order valence-electron chi connectivity index (χ1n) is 12.3. The van der Waals surface area contributed by atoms with E-state index in [2.05, 4.69) is 30.2 Å². The number of aromatic amines is 1. The molecule has 1 amide bonds. The Morgan fingerprint density at radius 3 is 2.90 bits per heavy atom. The van der Waals surface area contributed by atoms with Gasteiger partial charge in [0.2, 0.25) is 17.8 Å². The summed E-state index contributed by atoms with van der Waals surface area (Å²) < 4.78 is 38.4. The van der Waals surface area contributed by atoms with E-state index in [4.69, 9.17) is 4.74 Å². The molecule has 4 aromatic heterocycles. The molecule has 12 nitrogen and oxygen atoms in total. The maximum absolute atomic E-state index is 14.6. The molecule has 0 spiro atoms. The lowest BCUT2D eigenvalue weighted by Gasteiger charge is -2.26. The highest BCUT2D eigenvalue weighted by Gasteiger charge is 2.31. The van der Waals surface area contributed by atoms with Gasteiger partial charge in [0.25, 0.3) is 0 Å². The second-order valence-corrected chi connectivity index (χ2v) is 9.16. The quantitative estimate of drug-likeness (QED) is 0.341. The van der Waals surface area contributed by atoms with Gasteiger partial charge in [-0.2, -0.15) is 4.98 Å². The smallest absolute Gasteiger partial charge is 0.331 e. The highest BCUT2D eigenvalue weighted by molar-refractivity contribution is 5.89. The minimum absolute atomic E-state index is 0.0625. The molecule has 6 aromatic rings. The maximum atomic E-state index is 14.6. The molecule has 5 heterocycles. The fourth-order valence-electron chi connectivity index (χ4n) is 5.02. The highest BCUT2D eigenvalue weighted by Crippen LogP contribution is 2.37. The van der Waals surface area contributed by atoms with Crippen molar-refractivity contribution < 1.29 is 18.3 Å². The third-order valence-corrected chi connectivity index (χ3v) is 6.78. The van der Waals surface area contributed by atoms with E-state index in [9.17, 15) is 18.4 Å². The molecular weight excluding hydrogens is 524 g/mol. The number of nitrogens with one attached hydrogen (secondary N) is 2. The standard InChI is InChI=1S/C26H19F2N9O3/c27-14-4-5-17-19(10-14)36(13-32-17)25-31-11-20-23(34-25)37(18-6-9-40-22-15(18)2-1-3-16(22)28)26(39)35(20)12-21(38)33-24-29-7-8-30-24/h1-5,7-8,10-11,13,18H,6,9,12H2,(H2,29,30,33,38). The maximum Gasteiger partial charge on any atom is 0.331 e. The van der Waals surface area contributed by atoms with Crippen molar-refractivity contribution in [1.29, 1.82) is 0 Å². The minimum Gasteiger partial charge on any atom is -0.490 e. The molecule has 40 heavy (non-hydrogen) atoms. The average molecular weight is 543 g/mol. The van der Waals surface area contributed by atoms with Gasteiger partial charge >= 0.3 is 5.69 Å². The summed E-state index contributed by atoms with van der Waals surface area (Å²) in [6, 6.07) is 8.04. The SMILES string of the molecule is O=C(Cn1c(=O)n(C2CCOc3c(F)cccc32)c2nc(-n3cnc4ccc(F)cc43)ncc21)Nc1ncc[nH]1. The predicted octanol–water partition coefficient (Wildman–Crippen LogP) is 2.94. The first-order valence-corrected chi connectivity index (χ1v) is 12.3. The summed E-state index contributed by atoms with van der Waals surface area (Å²) in [6.45, 7) is -0.190. The lowest BCUT2D eigenvalue weighted by atomic mass is 10.00. The zero-order valence-corrected chi connectivity index (χ0v) is 20.6. The Morgan fingerprint density at radius 2 is 2.05 bits per heavy atom. The second kappa shape index (κ2) is 9.11. The molecule has 0 fully saturated rings. The van der Waals surface area contributed by atoms with Crippen LogP contribution in [-0.4, -0.2) is 51.1 Å². The van der Waals surface area contributed by atoms with Gasteiger partial charge in [0.1, 0.15) is 24.2 Å². The topological polar surface area (TPSA) is 138 Å². The monoisotopic (exact) mass is 543 g/mol. The van der Waals surface area contributed by atoms with Crippen molar-refractivity contribution in [3.8, 4) is 11.7 Å². The lowest BCUT2D eigenvalue weighted by molar-refractivity contribution is -0.116. The Hall–Kier alpha value is -5.40. The van der Waals surface area contributed by atoms with Crippen LogP contribution >= 0.6 is 0 Å². The van der Waals surface area contributed by atoms with Crippen LogP contribution in [0.25, 0.3) is 28.1 Å². The van der Waals surface area contributed by atoms with Crippen LogP contribution in [0, 0.1) is 11.6 Å². The molecule has 2 N–H and O–H groups in total. The molecule has 0 saturated carbocycles. The Balaban J connectivity index is 1.41. The van der Waals surface area contributed by atoms with E-state index in [1.807, 2.05) is 0 Å². The first kappa shape index (κ1) is 23.7. The number of H-pyrrole nitrogens is 1. The third-order valence-electron chi connectivity index (χ3n) is 6.78. The molecule has 0 saturated heterocycles. The largest absolute Gasteiger partial charge is 0.490 e. The number of benzene rings is 2. The van der Waals surface area contributed by atoms with Gasteiger partial charge < -0.3 is 9.72 Å². The lowest BCUT2D eigenvalue weighted by Crippen LogP contribution is -2.33. The van der Waals surface area contributed by atoms with Gasteiger partial charge in [0.05, 0.1) is 29.9 Å². The third kappa shape index (κ3) is 3.80. The Morgan fingerprint density at radius 1 is 1.15 bits per heavy atom. The molecule has 1 atom stereocenters. The number of ether oxygens (including phenoxy) is 1. The average Bonchev–Trinajstić information content (AvgIpc) is 3.67. The summed E-state index contributed by atoms with van der Waals surface area (Å²) in [5.74, 6) is -1.07. The van der Waals surface area contributed by atoms with Crippen molar-refractivity contribution in [1.82, 2.24) is 38.6 Å². The molecule has 0 bridgehead atoms. The summed E-state index contributed by atoms with van der Waals surface area (Å²) >= 11 is 0. The van der Waals surface area contributed by atoms with Crippen LogP contribution < -0.4 is 15.7 Å². The number of fused-ring (bicyclic) bond motifs is 3. The molecule has 0 radical (unpaired) electrons. The molecular formula is C26H19F2N9O3. The van der Waals surface area contributed by atoms with Gasteiger partial charge in [0.15, 0.2) is 17.2 Å². The van der Waals surface area contributed by atoms with E-state index < -0.39 is 29.3 Å². The van der Waals surface area contributed by atoms with Crippen molar-refractivity contribution in [2.75, 3.05) is 11.9 Å². The summed E-state index contributed by atoms with van der Waals surface area (Å²) in [4.78, 5) is 46.9. The van der Waals surface area contributed by atoms with Gasteiger partial charge in [-0.15, -0.1) is 0 Å². The van der Waals surface area contributed by atoms with Gasteiger partial charge in [-0.1, -0.05) is 12.1 Å². The molecule has 14 heteroatoms. The molecule has 2 aromatic carbocycles. The predicted molar refractivity (Wildman–Crippen MR) is 138 cm³/mol. The number of halogens is 2. The highest BCUT2D eigenvalue weighted by atomic mass is 19.1. The number of aromatic nitrogens is 8. The second-order valence-electron chi connectivity index (χ2n) is 9.16. The van der Waals surface area contributed by atoms with E-state index in [-0.39, 0.29) is 42.0 Å². The molecule has 1 aliphatic heterocycles. The van der Waals surface area contributed by atoms with Gasteiger partial charge in [-0.05, 0) is 18.2 Å². The molecule has 7 rings (SSSR count). The van der Waals surface area contributed by atoms with Crippen LogP contribution in [0.4, 0.5) is 14.7 Å². The number of imidazole rings is 3. The van der Waals surface area contributed by atoms with E-state index in [1.165, 1.54) is 56.7 Å². The molecule has 200 valence electrons. The Bertz CT molecular complexity index is 1980. The summed E-state index contributed by atoms with van der Waals surface area (Å²) in [6.07, 6.45) is 6.27. The number of carbonyl (C=O) groups excluding carboxylic acids is 1. The van der Waals surface area contributed by atoms with Crippen molar-refractivity contribution in [2.24, 2.45) is 0 Å². The number of carbonyl (C=O) groups is 1. The van der Waals surface area contributed by atoms with E-state index in [1.54, 1.807) is 18.3 Å². The van der Waals surface area contributed by atoms with E-state index in [0.717, 1.165) is 0 Å². The number of hydrogen-bond acceptors (Lipinski definition) is 7. The van der Waals surface area contributed by atoms with Crippen LogP contribution in [0.1, 0.15) is 18.0 Å². The van der Waals surface area contributed by atoms with Crippen molar-refractivity contribution >= 4 is 34.1 Å². The molecule has 0 aliphatic carbocycles. The summed E-state index contributed by atoms with van der Waals surface area (Å²) in [7, 11) is 0. The number of rotatable bonds is 5. The zero-order chi connectivity index (χ0) is 27.4. The zero-order valence-electron chi connectivity index (χ0n) is 20.6. The van der Waals surface area contributed by atoms with Crippen molar-refractivity contribution in [2.45, 2.75) is 19.0 Å². The fraction of sp³-hybridized carbons (Fsp3) is 0.154. The van der Waals surface area contributed by atoms with Gasteiger partial charge in [-0.25, -0.2) is 28.5 Å². The fourth-order valence-corrected chi connectivity index (χ4v) is 5.02. The number of nitrogens with zero attached hydrogens (tertiary/aromatic N) is 7.